The lowest BCUT2D eigenvalue weighted by molar-refractivity contribution is 0.477. The van der Waals surface area contributed by atoms with Gasteiger partial charge in [-0.1, -0.05) is 109 Å². The van der Waals surface area contributed by atoms with Crippen LogP contribution >= 0.6 is 0 Å². The van der Waals surface area contributed by atoms with Gasteiger partial charge in [0.2, 0.25) is 5.89 Å². The molecule has 0 spiro atoms. The number of nitrogens with zero attached hydrogens (tertiary/aromatic N) is 2. The van der Waals surface area contributed by atoms with Gasteiger partial charge in [-0.3, -0.25) is 0 Å². The highest BCUT2D eigenvalue weighted by Crippen LogP contribution is 2.50. The normalized spacial score (nSPS) is 12.0. The van der Waals surface area contributed by atoms with Crippen molar-refractivity contribution in [3.63, 3.8) is 0 Å². The largest absolute Gasteiger partial charge is 0.453 e. The molecule has 1 aliphatic rings. The van der Waals surface area contributed by atoms with E-state index in [9.17, 15) is 0 Å². The lowest BCUT2D eigenvalue weighted by Gasteiger charge is -2.32. The zero-order valence-electron chi connectivity index (χ0n) is 25.4. The molecular weight excluding hydrogens is 576 g/mol. The number of fused-ring (bicyclic) bond motifs is 3. The molecule has 0 aliphatic carbocycles. The highest BCUT2D eigenvalue weighted by Gasteiger charge is 2.25. The number of oxazole rings is 1. The summed E-state index contributed by atoms with van der Waals surface area (Å²) in [4.78, 5) is 6.95. The summed E-state index contributed by atoms with van der Waals surface area (Å²) in [7, 11) is 0. The number of para-hydroxylation sites is 6. The fraction of sp³-hybridized carbons (Fsp3) is 0. The Balaban J connectivity index is 1.07. The Bertz CT molecular complexity index is 2310. The fourth-order valence-corrected chi connectivity index (χ4v) is 6.50. The van der Waals surface area contributed by atoms with Crippen LogP contribution in [0.5, 0.6) is 11.5 Å². The van der Waals surface area contributed by atoms with E-state index in [1.54, 1.807) is 0 Å². The smallest absolute Gasteiger partial charge is 0.227 e. The van der Waals surface area contributed by atoms with E-state index in [0.29, 0.717) is 5.89 Å². The zero-order valence-corrected chi connectivity index (χ0v) is 25.4. The Morgan fingerprint density at radius 1 is 0.404 bits per heavy atom. The second-order valence-electron chi connectivity index (χ2n) is 11.6. The molecule has 8 aromatic rings. The van der Waals surface area contributed by atoms with Gasteiger partial charge in [0, 0.05) is 11.3 Å². The second kappa shape index (κ2) is 11.2. The van der Waals surface area contributed by atoms with E-state index in [4.69, 9.17) is 9.15 Å². The predicted molar refractivity (Wildman–Crippen MR) is 191 cm³/mol. The second-order valence-corrected chi connectivity index (χ2v) is 11.6. The van der Waals surface area contributed by atoms with Crippen molar-refractivity contribution in [2.45, 2.75) is 0 Å². The molecule has 0 amide bonds. The third-order valence-corrected chi connectivity index (χ3v) is 8.75. The van der Waals surface area contributed by atoms with Crippen LogP contribution < -0.4 is 9.64 Å². The summed E-state index contributed by atoms with van der Waals surface area (Å²) in [6.45, 7) is 0. The average Bonchev–Trinajstić information content (AvgIpc) is 3.59. The molecule has 9 rings (SSSR count). The van der Waals surface area contributed by atoms with E-state index in [-0.39, 0.29) is 0 Å². The molecule has 4 heteroatoms. The minimum absolute atomic E-state index is 0.629. The molecule has 1 aliphatic heterocycles. The van der Waals surface area contributed by atoms with Crippen LogP contribution in [0.25, 0.3) is 55.9 Å². The van der Waals surface area contributed by atoms with Crippen LogP contribution in [0.4, 0.5) is 17.1 Å². The molecule has 0 bridgehead atoms. The van der Waals surface area contributed by atoms with Gasteiger partial charge < -0.3 is 14.1 Å². The van der Waals surface area contributed by atoms with E-state index in [1.165, 1.54) is 22.3 Å². The fourth-order valence-electron chi connectivity index (χ4n) is 6.50. The average molecular weight is 605 g/mol. The van der Waals surface area contributed by atoms with Gasteiger partial charge in [-0.25, -0.2) is 4.98 Å². The molecule has 0 saturated heterocycles. The number of aromatic nitrogens is 1. The molecule has 0 fully saturated rings. The highest BCUT2D eigenvalue weighted by molar-refractivity contribution is 5.93. The quantitative estimate of drug-likeness (QED) is 0.196. The number of anilines is 3. The van der Waals surface area contributed by atoms with Gasteiger partial charge in [-0.05, 0) is 94.0 Å². The highest BCUT2D eigenvalue weighted by atomic mass is 16.5. The topological polar surface area (TPSA) is 38.5 Å². The van der Waals surface area contributed by atoms with Crippen molar-refractivity contribution in [3.8, 4) is 56.3 Å². The molecule has 2 heterocycles. The van der Waals surface area contributed by atoms with Gasteiger partial charge in [-0.2, -0.15) is 0 Å². The first-order valence-electron chi connectivity index (χ1n) is 15.7. The maximum Gasteiger partial charge on any atom is 0.227 e. The third-order valence-electron chi connectivity index (χ3n) is 8.75. The van der Waals surface area contributed by atoms with E-state index in [2.05, 4.69) is 131 Å². The number of ether oxygens (including phenoxy) is 1. The maximum absolute atomic E-state index is 6.23. The molecule has 7 aromatic carbocycles. The summed E-state index contributed by atoms with van der Waals surface area (Å²) in [5.41, 5.74) is 12.7. The zero-order chi connectivity index (χ0) is 31.2. The van der Waals surface area contributed by atoms with E-state index < -0.39 is 0 Å². The van der Waals surface area contributed by atoms with Crippen LogP contribution in [-0.2, 0) is 0 Å². The van der Waals surface area contributed by atoms with E-state index >= 15 is 0 Å². The van der Waals surface area contributed by atoms with E-state index in [1.807, 2.05) is 48.5 Å². The van der Waals surface area contributed by atoms with E-state index in [0.717, 1.165) is 56.4 Å². The Morgan fingerprint density at radius 3 is 1.47 bits per heavy atom. The Morgan fingerprint density at radius 2 is 0.872 bits per heavy atom. The van der Waals surface area contributed by atoms with Crippen molar-refractivity contribution < 1.29 is 9.15 Å². The van der Waals surface area contributed by atoms with Crippen LogP contribution in [0.3, 0.4) is 0 Å². The molecule has 0 radical (unpaired) electrons. The summed E-state index contributed by atoms with van der Waals surface area (Å²) < 4.78 is 12.2. The van der Waals surface area contributed by atoms with Gasteiger partial charge in [-0.15, -0.1) is 0 Å². The molecular formula is C43H28N2O2. The van der Waals surface area contributed by atoms with Crippen molar-refractivity contribution in [2.24, 2.45) is 0 Å². The van der Waals surface area contributed by atoms with Crippen molar-refractivity contribution in [1.82, 2.24) is 4.98 Å². The van der Waals surface area contributed by atoms with Gasteiger partial charge in [0.1, 0.15) is 5.52 Å². The number of hydrogen-bond acceptors (Lipinski definition) is 4. The van der Waals surface area contributed by atoms with Gasteiger partial charge in [0.05, 0.1) is 11.4 Å². The summed E-state index contributed by atoms with van der Waals surface area (Å²) in [6, 6.07) is 58.8. The van der Waals surface area contributed by atoms with Crippen molar-refractivity contribution >= 4 is 28.2 Å². The molecule has 4 nitrogen and oxygen atoms in total. The summed E-state index contributed by atoms with van der Waals surface area (Å²) in [5, 5.41) is 0. The van der Waals surface area contributed by atoms with Crippen molar-refractivity contribution in [3.05, 3.63) is 170 Å². The van der Waals surface area contributed by atoms with Gasteiger partial charge in [0.15, 0.2) is 17.1 Å². The Kier molecular flexibility index (Phi) is 6.43. The van der Waals surface area contributed by atoms with Crippen LogP contribution in [0, 0.1) is 0 Å². The van der Waals surface area contributed by atoms with Crippen LogP contribution in [0.15, 0.2) is 174 Å². The van der Waals surface area contributed by atoms with Crippen molar-refractivity contribution in [2.75, 3.05) is 4.90 Å². The van der Waals surface area contributed by atoms with Gasteiger partial charge in [0.25, 0.3) is 0 Å². The Hall–Kier alpha value is -6.39. The molecule has 0 unspecified atom stereocenters. The third kappa shape index (κ3) is 4.75. The van der Waals surface area contributed by atoms with Crippen LogP contribution in [0.1, 0.15) is 0 Å². The molecule has 0 saturated carbocycles. The number of benzene rings is 7. The molecule has 0 N–H and O–H groups in total. The molecule has 0 atom stereocenters. The van der Waals surface area contributed by atoms with Crippen LogP contribution in [-0.4, -0.2) is 4.98 Å². The standard InChI is InChI=1S/C43H28N2O2/c1-3-13-35(33(11-1)29-21-23-31(24-22-29)43-44-37-15-5-8-18-40(37)47-43)36-14-4-2-12-34(36)30-25-27-32(28-26-30)45-38-16-6-9-19-41(38)46-42-20-10-7-17-39(42)45/h1-28H. The SMILES string of the molecule is c1ccc2c(c1)Oc1ccccc1N2c1ccc(-c2ccccc2-c2ccccc2-c2ccc(-c3nc4ccccc4o3)cc2)cc1. The monoisotopic (exact) mass is 604 g/mol. The summed E-state index contributed by atoms with van der Waals surface area (Å²) in [5.74, 6) is 2.32. The number of rotatable bonds is 5. The predicted octanol–water partition coefficient (Wildman–Crippen LogP) is 12.1. The molecule has 1 aromatic heterocycles. The first kappa shape index (κ1) is 27.0. The van der Waals surface area contributed by atoms with Crippen LogP contribution in [0.2, 0.25) is 0 Å². The lowest BCUT2D eigenvalue weighted by Crippen LogP contribution is -2.15. The summed E-state index contributed by atoms with van der Waals surface area (Å²) >= 11 is 0. The molecule has 222 valence electrons. The Labute approximate surface area is 272 Å². The maximum atomic E-state index is 6.23. The lowest BCUT2D eigenvalue weighted by atomic mass is 9.89. The first-order chi connectivity index (χ1) is 23.3. The van der Waals surface area contributed by atoms with Crippen molar-refractivity contribution in [1.29, 1.82) is 0 Å². The minimum Gasteiger partial charge on any atom is -0.453 e. The summed E-state index contributed by atoms with van der Waals surface area (Å²) in [6.07, 6.45) is 0. The number of hydrogen-bond donors (Lipinski definition) is 0. The first-order valence-corrected chi connectivity index (χ1v) is 15.7. The molecule has 47 heavy (non-hydrogen) atoms. The minimum atomic E-state index is 0.629. The van der Waals surface area contributed by atoms with Gasteiger partial charge >= 0.3 is 0 Å².